The summed E-state index contributed by atoms with van der Waals surface area (Å²) < 4.78 is 5.45. The van der Waals surface area contributed by atoms with Crippen LogP contribution in [-0.4, -0.2) is 22.5 Å². The Hall–Kier alpha value is -3.21. The second-order valence-corrected chi connectivity index (χ2v) is 6.81. The summed E-state index contributed by atoms with van der Waals surface area (Å²) in [5, 5.41) is 2.98. The number of carbonyl (C=O) groups excluding carboxylic acids is 1. The first kappa shape index (κ1) is 18.2. The van der Waals surface area contributed by atoms with Crippen molar-refractivity contribution in [3.63, 3.8) is 0 Å². The summed E-state index contributed by atoms with van der Waals surface area (Å²) in [6.07, 6.45) is 5.84. The highest BCUT2D eigenvalue weighted by Gasteiger charge is 2.20. The van der Waals surface area contributed by atoms with Crippen molar-refractivity contribution in [1.82, 2.24) is 9.97 Å². The molecule has 4 rings (SSSR count). The molecule has 1 amide bonds. The zero-order valence-corrected chi connectivity index (χ0v) is 15.9. The highest BCUT2D eigenvalue weighted by Crippen LogP contribution is 2.31. The van der Waals surface area contributed by atoms with Gasteiger partial charge in [0.2, 0.25) is 0 Å². The number of benzene rings is 2. The van der Waals surface area contributed by atoms with E-state index in [1.807, 2.05) is 55.5 Å². The fourth-order valence-electron chi connectivity index (χ4n) is 3.64. The van der Waals surface area contributed by atoms with Gasteiger partial charge in [-0.15, -0.1) is 0 Å². The monoisotopic (exact) mass is 373 g/mol. The van der Waals surface area contributed by atoms with E-state index >= 15 is 0 Å². The predicted molar refractivity (Wildman–Crippen MR) is 110 cm³/mol. The quantitative estimate of drug-likeness (QED) is 0.706. The minimum absolute atomic E-state index is 0.150. The van der Waals surface area contributed by atoms with Gasteiger partial charge in [0.15, 0.2) is 0 Å². The lowest BCUT2D eigenvalue weighted by atomic mass is 9.91. The molecule has 0 bridgehead atoms. The summed E-state index contributed by atoms with van der Waals surface area (Å²) >= 11 is 0. The molecule has 1 aliphatic carbocycles. The normalized spacial score (nSPS) is 12.9. The molecule has 0 saturated heterocycles. The van der Waals surface area contributed by atoms with Gasteiger partial charge in [-0.05, 0) is 62.9 Å². The van der Waals surface area contributed by atoms with Crippen molar-refractivity contribution >= 4 is 11.6 Å². The van der Waals surface area contributed by atoms with Gasteiger partial charge in [0.25, 0.3) is 5.91 Å². The minimum Gasteiger partial charge on any atom is -0.494 e. The maximum atomic E-state index is 13.0. The fraction of sp³-hybridized carbons (Fsp3) is 0.261. The van der Waals surface area contributed by atoms with E-state index in [-0.39, 0.29) is 5.91 Å². The molecule has 0 radical (unpaired) electrons. The summed E-state index contributed by atoms with van der Waals surface area (Å²) in [5.41, 5.74) is 5.36. The number of rotatable bonds is 5. The van der Waals surface area contributed by atoms with Gasteiger partial charge in [-0.3, -0.25) is 4.79 Å². The number of nitrogens with zero attached hydrogens (tertiary/aromatic N) is 2. The maximum Gasteiger partial charge on any atom is 0.256 e. The topological polar surface area (TPSA) is 64.1 Å². The number of amides is 1. The molecule has 1 aliphatic rings. The zero-order valence-electron chi connectivity index (χ0n) is 15.9. The van der Waals surface area contributed by atoms with E-state index in [9.17, 15) is 4.79 Å². The molecule has 0 saturated carbocycles. The van der Waals surface area contributed by atoms with Gasteiger partial charge in [-0.1, -0.05) is 18.2 Å². The fourth-order valence-corrected chi connectivity index (χ4v) is 3.64. The van der Waals surface area contributed by atoms with E-state index in [1.54, 1.807) is 6.33 Å². The summed E-state index contributed by atoms with van der Waals surface area (Å²) in [5.74, 6) is 0.636. The standard InChI is InChI=1S/C23H23N3O2/c1-2-28-17-13-11-16(12-14-17)26-23(27)19-8-4-3-7-18(19)22-20-9-5-6-10-21(20)24-15-25-22/h3-4,7-8,11-15H,2,5-6,9-10H2,1H3,(H,26,27). The van der Waals surface area contributed by atoms with Crippen LogP contribution in [0.15, 0.2) is 54.9 Å². The first-order valence-corrected chi connectivity index (χ1v) is 9.72. The Labute approximate surface area is 164 Å². The average molecular weight is 373 g/mol. The lowest BCUT2D eigenvalue weighted by molar-refractivity contribution is 0.102. The first-order valence-electron chi connectivity index (χ1n) is 9.72. The predicted octanol–water partition coefficient (Wildman–Crippen LogP) is 4.67. The molecule has 1 aromatic heterocycles. The smallest absolute Gasteiger partial charge is 0.256 e. The summed E-state index contributed by atoms with van der Waals surface area (Å²) in [6, 6.07) is 15.0. The van der Waals surface area contributed by atoms with E-state index < -0.39 is 0 Å². The van der Waals surface area contributed by atoms with Gasteiger partial charge in [-0.25, -0.2) is 9.97 Å². The molecule has 2 aromatic carbocycles. The number of fused-ring (bicyclic) bond motifs is 1. The lowest BCUT2D eigenvalue weighted by Crippen LogP contribution is -2.15. The van der Waals surface area contributed by atoms with Crippen LogP contribution in [0.5, 0.6) is 5.75 Å². The van der Waals surface area contributed by atoms with Crippen LogP contribution < -0.4 is 10.1 Å². The van der Waals surface area contributed by atoms with Gasteiger partial charge in [0.1, 0.15) is 12.1 Å². The van der Waals surface area contributed by atoms with Crippen molar-refractivity contribution in [3.05, 3.63) is 71.7 Å². The molecular formula is C23H23N3O2. The van der Waals surface area contributed by atoms with Crippen LogP contribution in [0.3, 0.4) is 0 Å². The van der Waals surface area contributed by atoms with Crippen molar-refractivity contribution in [1.29, 1.82) is 0 Å². The van der Waals surface area contributed by atoms with Crippen molar-refractivity contribution < 1.29 is 9.53 Å². The van der Waals surface area contributed by atoms with Gasteiger partial charge >= 0.3 is 0 Å². The number of nitrogens with one attached hydrogen (secondary N) is 1. The Kier molecular flexibility index (Phi) is 5.33. The second kappa shape index (κ2) is 8.21. The Bertz CT molecular complexity index is 983. The molecule has 0 fully saturated rings. The maximum absolute atomic E-state index is 13.0. The van der Waals surface area contributed by atoms with Crippen molar-refractivity contribution in [2.45, 2.75) is 32.6 Å². The van der Waals surface area contributed by atoms with Crippen LogP contribution in [0.2, 0.25) is 0 Å². The Balaban J connectivity index is 1.64. The molecule has 28 heavy (non-hydrogen) atoms. The number of hydrogen-bond donors (Lipinski definition) is 1. The van der Waals surface area contributed by atoms with Crippen LogP contribution in [-0.2, 0) is 12.8 Å². The molecule has 5 heteroatoms. The molecule has 5 nitrogen and oxygen atoms in total. The first-order chi connectivity index (χ1) is 13.8. The molecule has 0 atom stereocenters. The van der Waals surface area contributed by atoms with E-state index in [4.69, 9.17) is 4.74 Å². The molecular weight excluding hydrogens is 350 g/mol. The molecule has 142 valence electrons. The molecule has 3 aromatic rings. The van der Waals surface area contributed by atoms with Crippen molar-refractivity contribution in [2.75, 3.05) is 11.9 Å². The Morgan fingerprint density at radius 3 is 2.64 bits per heavy atom. The Morgan fingerprint density at radius 2 is 1.82 bits per heavy atom. The zero-order chi connectivity index (χ0) is 19.3. The van der Waals surface area contributed by atoms with Crippen LogP contribution in [0.25, 0.3) is 11.3 Å². The number of ether oxygens (including phenoxy) is 1. The lowest BCUT2D eigenvalue weighted by Gasteiger charge is -2.18. The van der Waals surface area contributed by atoms with Gasteiger partial charge in [-0.2, -0.15) is 0 Å². The van der Waals surface area contributed by atoms with Gasteiger partial charge in [0, 0.05) is 28.1 Å². The van der Waals surface area contributed by atoms with Crippen molar-refractivity contribution in [3.8, 4) is 17.0 Å². The van der Waals surface area contributed by atoms with Crippen LogP contribution in [0.1, 0.15) is 41.4 Å². The molecule has 1 heterocycles. The number of anilines is 1. The van der Waals surface area contributed by atoms with Gasteiger partial charge < -0.3 is 10.1 Å². The van der Waals surface area contributed by atoms with Gasteiger partial charge in [0.05, 0.1) is 12.3 Å². The summed E-state index contributed by atoms with van der Waals surface area (Å²) in [7, 11) is 0. The molecule has 0 spiro atoms. The highest BCUT2D eigenvalue weighted by atomic mass is 16.5. The summed E-state index contributed by atoms with van der Waals surface area (Å²) in [6.45, 7) is 2.56. The highest BCUT2D eigenvalue weighted by molar-refractivity contribution is 6.08. The van der Waals surface area contributed by atoms with E-state index in [0.717, 1.165) is 54.1 Å². The average Bonchev–Trinajstić information content (AvgIpc) is 2.75. The largest absolute Gasteiger partial charge is 0.494 e. The molecule has 0 aliphatic heterocycles. The minimum atomic E-state index is -0.150. The van der Waals surface area contributed by atoms with Crippen LogP contribution in [0.4, 0.5) is 5.69 Å². The third-order valence-electron chi connectivity index (χ3n) is 4.97. The number of carbonyl (C=O) groups is 1. The third-order valence-corrected chi connectivity index (χ3v) is 4.97. The SMILES string of the molecule is CCOc1ccc(NC(=O)c2ccccc2-c2ncnc3c2CCCC3)cc1. The van der Waals surface area contributed by atoms with E-state index in [1.165, 1.54) is 5.56 Å². The number of aromatic nitrogens is 2. The van der Waals surface area contributed by atoms with Crippen LogP contribution in [0, 0.1) is 0 Å². The third kappa shape index (κ3) is 3.74. The number of aryl methyl sites for hydroxylation is 1. The second-order valence-electron chi connectivity index (χ2n) is 6.81. The summed E-state index contributed by atoms with van der Waals surface area (Å²) in [4.78, 5) is 22.0. The van der Waals surface area contributed by atoms with Crippen molar-refractivity contribution in [2.24, 2.45) is 0 Å². The van der Waals surface area contributed by atoms with E-state index in [2.05, 4.69) is 15.3 Å². The number of hydrogen-bond acceptors (Lipinski definition) is 4. The Morgan fingerprint density at radius 1 is 1.04 bits per heavy atom. The molecule has 1 N–H and O–H groups in total. The van der Waals surface area contributed by atoms with E-state index in [0.29, 0.717) is 12.2 Å². The molecule has 0 unspecified atom stereocenters. The van der Waals surface area contributed by atoms with Crippen LogP contribution >= 0.6 is 0 Å².